The van der Waals surface area contributed by atoms with Crippen LogP contribution >= 0.6 is 0 Å². The molecule has 30 heavy (non-hydrogen) atoms. The van der Waals surface area contributed by atoms with E-state index in [2.05, 4.69) is 15.6 Å². The van der Waals surface area contributed by atoms with Crippen molar-refractivity contribution in [3.05, 3.63) is 90.5 Å². The Hall–Kier alpha value is -3.67. The first kappa shape index (κ1) is 19.6. The number of carbonyl (C=O) groups is 1. The number of aryl methyl sites for hydroxylation is 1. The van der Waals surface area contributed by atoms with Crippen molar-refractivity contribution in [1.82, 2.24) is 19.4 Å². The van der Waals surface area contributed by atoms with Crippen LogP contribution in [-0.4, -0.2) is 39.0 Å². The molecule has 152 valence electrons. The monoisotopic (exact) mass is 400 g/mol. The van der Waals surface area contributed by atoms with Gasteiger partial charge in [-0.25, -0.2) is 4.98 Å². The number of hydrogen-bond donors (Lipinski definition) is 0. The number of benzene rings is 2. The lowest BCUT2D eigenvalue weighted by molar-refractivity contribution is 0.0774. The molecule has 4 rings (SSSR count). The smallest absolute Gasteiger partial charge is 0.272 e. The molecule has 0 unspecified atom stereocenters. The van der Waals surface area contributed by atoms with Gasteiger partial charge in [0.2, 0.25) is 0 Å². The van der Waals surface area contributed by atoms with Gasteiger partial charge in [0, 0.05) is 19.8 Å². The second-order valence-corrected chi connectivity index (χ2v) is 7.06. The van der Waals surface area contributed by atoms with Crippen LogP contribution in [0.1, 0.15) is 22.7 Å². The SMILES string of the molecule is CN(Cc1nc2ccccc2n1CCCOc1ccccc1)C(=O)c1ccccn1. The number of para-hydroxylation sites is 3. The van der Waals surface area contributed by atoms with Crippen LogP contribution in [0.25, 0.3) is 11.0 Å². The Labute approximate surface area is 175 Å². The summed E-state index contributed by atoms with van der Waals surface area (Å²) in [5, 5.41) is 0. The van der Waals surface area contributed by atoms with Crippen molar-refractivity contribution in [3.8, 4) is 5.75 Å². The highest BCUT2D eigenvalue weighted by atomic mass is 16.5. The minimum absolute atomic E-state index is 0.124. The number of imidazole rings is 1. The first-order chi connectivity index (χ1) is 14.7. The number of carbonyl (C=O) groups excluding carboxylic acids is 1. The number of rotatable bonds is 8. The molecular weight excluding hydrogens is 376 g/mol. The number of aromatic nitrogens is 3. The van der Waals surface area contributed by atoms with Crippen molar-refractivity contribution in [2.75, 3.05) is 13.7 Å². The topological polar surface area (TPSA) is 60.2 Å². The van der Waals surface area contributed by atoms with E-state index in [4.69, 9.17) is 9.72 Å². The van der Waals surface area contributed by atoms with Gasteiger partial charge in [-0.15, -0.1) is 0 Å². The van der Waals surface area contributed by atoms with Gasteiger partial charge in [0.25, 0.3) is 5.91 Å². The predicted octanol–water partition coefficient (Wildman–Crippen LogP) is 4.17. The molecule has 0 radical (unpaired) electrons. The van der Waals surface area contributed by atoms with Gasteiger partial charge in [-0.1, -0.05) is 36.4 Å². The summed E-state index contributed by atoms with van der Waals surface area (Å²) in [5.41, 5.74) is 2.42. The highest BCUT2D eigenvalue weighted by Crippen LogP contribution is 2.18. The summed E-state index contributed by atoms with van der Waals surface area (Å²) in [6.45, 7) is 1.77. The molecule has 2 aromatic carbocycles. The van der Waals surface area contributed by atoms with Gasteiger partial charge < -0.3 is 14.2 Å². The molecule has 0 N–H and O–H groups in total. The van der Waals surface area contributed by atoms with Gasteiger partial charge in [0.15, 0.2) is 0 Å². The lowest BCUT2D eigenvalue weighted by atomic mass is 10.3. The lowest BCUT2D eigenvalue weighted by Crippen LogP contribution is -2.28. The molecule has 2 heterocycles. The molecule has 0 aliphatic heterocycles. The van der Waals surface area contributed by atoms with Crippen molar-refractivity contribution >= 4 is 16.9 Å². The number of nitrogens with zero attached hydrogens (tertiary/aromatic N) is 4. The Morgan fingerprint density at radius 1 is 1.00 bits per heavy atom. The second-order valence-electron chi connectivity index (χ2n) is 7.06. The summed E-state index contributed by atoms with van der Waals surface area (Å²) in [6, 6.07) is 23.2. The Bertz CT molecular complexity index is 1110. The Morgan fingerprint density at radius 3 is 2.57 bits per heavy atom. The lowest BCUT2D eigenvalue weighted by Gasteiger charge is -2.18. The fourth-order valence-corrected chi connectivity index (χ4v) is 3.39. The molecule has 6 nitrogen and oxygen atoms in total. The fourth-order valence-electron chi connectivity index (χ4n) is 3.39. The van der Waals surface area contributed by atoms with E-state index < -0.39 is 0 Å². The first-order valence-corrected chi connectivity index (χ1v) is 10.0. The maximum Gasteiger partial charge on any atom is 0.272 e. The maximum atomic E-state index is 12.7. The minimum atomic E-state index is -0.124. The number of fused-ring (bicyclic) bond motifs is 1. The average Bonchev–Trinajstić information content (AvgIpc) is 3.14. The Balaban J connectivity index is 1.48. The van der Waals surface area contributed by atoms with E-state index in [-0.39, 0.29) is 5.91 Å². The molecule has 0 bridgehead atoms. The van der Waals surface area contributed by atoms with E-state index in [0.29, 0.717) is 18.8 Å². The van der Waals surface area contributed by atoms with Crippen LogP contribution in [0, 0.1) is 0 Å². The zero-order valence-corrected chi connectivity index (χ0v) is 16.9. The zero-order valence-electron chi connectivity index (χ0n) is 16.9. The number of ether oxygens (including phenoxy) is 1. The molecule has 2 aromatic heterocycles. The van der Waals surface area contributed by atoms with Gasteiger partial charge in [-0.05, 0) is 42.8 Å². The second kappa shape index (κ2) is 9.22. The molecule has 0 spiro atoms. The van der Waals surface area contributed by atoms with Crippen LogP contribution in [0.15, 0.2) is 79.0 Å². The summed E-state index contributed by atoms with van der Waals surface area (Å²) in [4.78, 5) is 23.3. The summed E-state index contributed by atoms with van der Waals surface area (Å²) in [6.07, 6.45) is 2.46. The van der Waals surface area contributed by atoms with Crippen LogP contribution in [0.4, 0.5) is 0 Å². The van der Waals surface area contributed by atoms with E-state index >= 15 is 0 Å². The molecule has 0 atom stereocenters. The Kier molecular flexibility index (Phi) is 6.03. The molecule has 6 heteroatoms. The third kappa shape index (κ3) is 4.49. The van der Waals surface area contributed by atoms with Crippen LogP contribution in [0.5, 0.6) is 5.75 Å². The van der Waals surface area contributed by atoms with Crippen LogP contribution in [-0.2, 0) is 13.1 Å². The molecule has 0 saturated heterocycles. The van der Waals surface area contributed by atoms with Crippen molar-refractivity contribution in [2.24, 2.45) is 0 Å². The molecule has 0 aliphatic carbocycles. The quantitative estimate of drug-likeness (QED) is 0.417. The largest absolute Gasteiger partial charge is 0.494 e. The van der Waals surface area contributed by atoms with Crippen LogP contribution < -0.4 is 4.74 Å². The fraction of sp³-hybridized carbons (Fsp3) is 0.208. The van der Waals surface area contributed by atoms with Crippen LogP contribution in [0.3, 0.4) is 0 Å². The summed E-state index contributed by atoms with van der Waals surface area (Å²) < 4.78 is 8.00. The van der Waals surface area contributed by atoms with Crippen molar-refractivity contribution in [3.63, 3.8) is 0 Å². The third-order valence-corrected chi connectivity index (χ3v) is 4.88. The first-order valence-electron chi connectivity index (χ1n) is 10.0. The predicted molar refractivity (Wildman–Crippen MR) is 116 cm³/mol. The van der Waals surface area contributed by atoms with Crippen molar-refractivity contribution in [2.45, 2.75) is 19.5 Å². The standard InChI is InChI=1S/C24H24N4O2/c1-27(24(29)21-13-7-8-15-25-21)18-23-26-20-12-5-6-14-22(20)28(23)16-9-17-30-19-10-3-2-4-11-19/h2-8,10-15H,9,16-18H2,1H3. The molecule has 1 amide bonds. The summed E-state index contributed by atoms with van der Waals surface area (Å²) in [5.74, 6) is 1.60. The van der Waals surface area contributed by atoms with E-state index in [9.17, 15) is 4.79 Å². The number of hydrogen-bond acceptors (Lipinski definition) is 4. The summed E-state index contributed by atoms with van der Waals surface area (Å²) in [7, 11) is 1.78. The van der Waals surface area contributed by atoms with Gasteiger partial charge in [0.05, 0.1) is 24.2 Å². The molecule has 4 aromatic rings. The van der Waals surface area contributed by atoms with Gasteiger partial charge >= 0.3 is 0 Å². The van der Waals surface area contributed by atoms with Crippen molar-refractivity contribution in [1.29, 1.82) is 0 Å². The van der Waals surface area contributed by atoms with E-state index in [1.165, 1.54) is 0 Å². The third-order valence-electron chi connectivity index (χ3n) is 4.88. The molecule has 0 fully saturated rings. The zero-order chi connectivity index (χ0) is 20.8. The number of amides is 1. The van der Waals surface area contributed by atoms with Gasteiger partial charge in [-0.3, -0.25) is 9.78 Å². The van der Waals surface area contributed by atoms with E-state index in [1.54, 1.807) is 30.3 Å². The van der Waals surface area contributed by atoms with Crippen molar-refractivity contribution < 1.29 is 9.53 Å². The summed E-state index contributed by atoms with van der Waals surface area (Å²) >= 11 is 0. The molecule has 0 saturated carbocycles. The van der Waals surface area contributed by atoms with E-state index in [0.717, 1.165) is 35.6 Å². The van der Waals surface area contributed by atoms with E-state index in [1.807, 2.05) is 54.6 Å². The van der Waals surface area contributed by atoms with Crippen LogP contribution in [0.2, 0.25) is 0 Å². The normalized spacial score (nSPS) is 10.8. The highest BCUT2D eigenvalue weighted by molar-refractivity contribution is 5.92. The minimum Gasteiger partial charge on any atom is -0.494 e. The highest BCUT2D eigenvalue weighted by Gasteiger charge is 2.17. The van der Waals surface area contributed by atoms with Gasteiger partial charge in [0.1, 0.15) is 17.3 Å². The molecule has 0 aliphatic rings. The molecular formula is C24H24N4O2. The average molecular weight is 400 g/mol. The maximum absolute atomic E-state index is 12.7. The number of pyridine rings is 1. The Morgan fingerprint density at radius 2 is 1.77 bits per heavy atom. The van der Waals surface area contributed by atoms with Gasteiger partial charge in [-0.2, -0.15) is 0 Å².